The molecule has 0 saturated carbocycles. The van der Waals surface area contributed by atoms with Crippen molar-refractivity contribution in [3.8, 4) is 11.5 Å². The summed E-state index contributed by atoms with van der Waals surface area (Å²) in [5, 5.41) is 0. The molecule has 0 aliphatic heterocycles. The third-order valence-electron chi connectivity index (χ3n) is 5.08. The average molecular weight is 537 g/mol. The van der Waals surface area contributed by atoms with E-state index in [1.165, 1.54) is 13.2 Å². The number of ketones is 1. The summed E-state index contributed by atoms with van der Waals surface area (Å²) < 4.78 is 25.6. The van der Waals surface area contributed by atoms with Crippen LogP contribution in [-0.2, 0) is 28.6 Å². The molecule has 0 radical (unpaired) electrons. The van der Waals surface area contributed by atoms with Crippen molar-refractivity contribution < 1.29 is 42.9 Å². The summed E-state index contributed by atoms with van der Waals surface area (Å²) in [6.07, 6.45) is 5.10. The minimum atomic E-state index is -0.652. The molecular formula is C30H32O9. The molecule has 0 N–H and O–H groups in total. The molecule has 0 atom stereocenters. The predicted molar refractivity (Wildman–Crippen MR) is 144 cm³/mol. The van der Waals surface area contributed by atoms with E-state index < -0.39 is 17.9 Å². The lowest BCUT2D eigenvalue weighted by Crippen LogP contribution is -2.13. The molecule has 0 fully saturated rings. The quantitative estimate of drug-likeness (QED) is 0.0947. The summed E-state index contributed by atoms with van der Waals surface area (Å²) in [5.74, 6) is -0.577. The van der Waals surface area contributed by atoms with Gasteiger partial charge in [0.05, 0.1) is 40.0 Å². The Morgan fingerprint density at radius 1 is 0.795 bits per heavy atom. The first-order valence-corrected chi connectivity index (χ1v) is 12.2. The van der Waals surface area contributed by atoms with Gasteiger partial charge in [-0.2, -0.15) is 0 Å². The van der Waals surface area contributed by atoms with Gasteiger partial charge in [0.15, 0.2) is 5.78 Å². The first-order chi connectivity index (χ1) is 18.8. The van der Waals surface area contributed by atoms with Gasteiger partial charge >= 0.3 is 17.9 Å². The molecule has 2 aromatic carbocycles. The number of carbonyl (C=O) groups is 4. The van der Waals surface area contributed by atoms with Crippen molar-refractivity contribution >= 4 is 29.8 Å². The van der Waals surface area contributed by atoms with Gasteiger partial charge in [0, 0.05) is 30.1 Å². The van der Waals surface area contributed by atoms with E-state index in [0.29, 0.717) is 43.1 Å². The van der Waals surface area contributed by atoms with Crippen LogP contribution in [0.5, 0.6) is 11.5 Å². The van der Waals surface area contributed by atoms with Crippen molar-refractivity contribution in [2.24, 2.45) is 0 Å². The largest absolute Gasteiger partial charge is 0.493 e. The second-order valence-corrected chi connectivity index (χ2v) is 8.06. The first-order valence-electron chi connectivity index (χ1n) is 12.2. The van der Waals surface area contributed by atoms with Gasteiger partial charge < -0.3 is 23.7 Å². The Morgan fingerprint density at radius 3 is 1.92 bits per heavy atom. The van der Waals surface area contributed by atoms with Crippen molar-refractivity contribution in [3.63, 3.8) is 0 Å². The number of hydrogen-bond donors (Lipinski definition) is 0. The fourth-order valence-corrected chi connectivity index (χ4v) is 2.97. The monoisotopic (exact) mass is 536 g/mol. The lowest BCUT2D eigenvalue weighted by Gasteiger charge is -2.08. The summed E-state index contributed by atoms with van der Waals surface area (Å²) in [6, 6.07) is 14.0. The van der Waals surface area contributed by atoms with E-state index in [1.807, 2.05) is 12.1 Å². The van der Waals surface area contributed by atoms with Crippen molar-refractivity contribution in [2.45, 2.75) is 19.3 Å². The highest BCUT2D eigenvalue weighted by Crippen LogP contribution is 2.16. The van der Waals surface area contributed by atoms with E-state index in [4.69, 9.17) is 18.9 Å². The Labute approximate surface area is 227 Å². The molecule has 9 nitrogen and oxygen atoms in total. The Morgan fingerprint density at radius 2 is 1.36 bits per heavy atom. The second kappa shape index (κ2) is 17.0. The summed E-state index contributed by atoms with van der Waals surface area (Å²) in [5.41, 5.74) is 1.37. The van der Waals surface area contributed by atoms with Gasteiger partial charge in [-0.3, -0.25) is 9.59 Å². The van der Waals surface area contributed by atoms with Crippen molar-refractivity contribution in [1.82, 2.24) is 0 Å². The molecule has 0 saturated heterocycles. The molecule has 2 rings (SSSR count). The van der Waals surface area contributed by atoms with Crippen molar-refractivity contribution in [3.05, 3.63) is 90.5 Å². The smallest absolute Gasteiger partial charge is 0.333 e. The van der Waals surface area contributed by atoms with Crippen LogP contribution in [0.25, 0.3) is 6.08 Å². The van der Waals surface area contributed by atoms with Crippen LogP contribution in [0, 0.1) is 0 Å². The normalized spacial score (nSPS) is 10.4. The second-order valence-electron chi connectivity index (χ2n) is 8.06. The molecule has 0 aliphatic rings. The van der Waals surface area contributed by atoms with Crippen LogP contribution in [0.3, 0.4) is 0 Å². The molecule has 9 heteroatoms. The molecule has 0 aliphatic carbocycles. The molecular weight excluding hydrogens is 504 g/mol. The Kier molecular flexibility index (Phi) is 13.3. The van der Waals surface area contributed by atoms with Crippen LogP contribution < -0.4 is 9.47 Å². The number of ether oxygens (including phenoxy) is 5. The molecule has 0 amide bonds. The molecule has 0 spiro atoms. The van der Waals surface area contributed by atoms with E-state index in [9.17, 15) is 19.2 Å². The number of esters is 3. The Hall–Kier alpha value is -4.66. The number of allylic oxidation sites excluding steroid dienone is 1. The molecule has 2 aromatic rings. The highest BCUT2D eigenvalue weighted by Gasteiger charge is 2.13. The number of rotatable bonds is 17. The van der Waals surface area contributed by atoms with E-state index in [2.05, 4.69) is 17.9 Å². The molecule has 0 heterocycles. The predicted octanol–water partition coefficient (Wildman–Crippen LogP) is 4.51. The van der Waals surface area contributed by atoms with Gasteiger partial charge in [-0.1, -0.05) is 31.4 Å². The zero-order valence-corrected chi connectivity index (χ0v) is 21.9. The molecule has 39 heavy (non-hydrogen) atoms. The number of carbonyl (C=O) groups excluding carboxylic acids is 4. The van der Waals surface area contributed by atoms with Gasteiger partial charge in [0.2, 0.25) is 0 Å². The van der Waals surface area contributed by atoms with Crippen molar-refractivity contribution in [1.29, 1.82) is 0 Å². The van der Waals surface area contributed by atoms with Gasteiger partial charge in [-0.15, -0.1) is 0 Å². The lowest BCUT2D eigenvalue weighted by atomic mass is 10.1. The fourth-order valence-electron chi connectivity index (χ4n) is 2.97. The van der Waals surface area contributed by atoms with E-state index in [0.717, 1.165) is 11.6 Å². The zero-order valence-electron chi connectivity index (χ0n) is 21.9. The minimum absolute atomic E-state index is 0.0283. The van der Waals surface area contributed by atoms with E-state index >= 15 is 0 Å². The van der Waals surface area contributed by atoms with Crippen LogP contribution in [0.15, 0.2) is 79.4 Å². The standard InChI is InChI=1S/C30H32O9/c1-4-28(32)38-19-5-17-36-25-12-7-23(8-13-25)9-16-27(31)24-10-14-26(15-11-24)37-18-6-20-39-30(34)22(2)21-29(33)35-3/h4,7-16H,1-2,5-6,17-21H2,3H3/b16-9+. The molecule has 206 valence electrons. The van der Waals surface area contributed by atoms with Gasteiger partial charge in [-0.25, -0.2) is 9.59 Å². The Balaban J connectivity index is 1.69. The van der Waals surface area contributed by atoms with Gasteiger partial charge in [-0.05, 0) is 48.0 Å². The fraction of sp³-hybridized carbons (Fsp3) is 0.267. The molecule has 0 aromatic heterocycles. The summed E-state index contributed by atoms with van der Waals surface area (Å²) in [4.78, 5) is 46.4. The topological polar surface area (TPSA) is 114 Å². The van der Waals surface area contributed by atoms with Crippen LogP contribution in [0.2, 0.25) is 0 Å². The average Bonchev–Trinajstić information content (AvgIpc) is 2.96. The van der Waals surface area contributed by atoms with Crippen LogP contribution in [-0.4, -0.2) is 57.2 Å². The van der Waals surface area contributed by atoms with Crippen LogP contribution in [0.1, 0.15) is 35.2 Å². The minimum Gasteiger partial charge on any atom is -0.493 e. The number of methoxy groups -OCH3 is 1. The maximum Gasteiger partial charge on any atom is 0.333 e. The zero-order chi connectivity index (χ0) is 28.5. The van der Waals surface area contributed by atoms with Crippen LogP contribution in [0.4, 0.5) is 0 Å². The van der Waals surface area contributed by atoms with Crippen LogP contribution >= 0.6 is 0 Å². The lowest BCUT2D eigenvalue weighted by molar-refractivity contribution is -0.144. The highest BCUT2D eigenvalue weighted by molar-refractivity contribution is 6.06. The summed E-state index contributed by atoms with van der Waals surface area (Å²) in [6.45, 7) is 7.91. The van der Waals surface area contributed by atoms with E-state index in [1.54, 1.807) is 42.5 Å². The third-order valence-corrected chi connectivity index (χ3v) is 5.08. The maximum absolute atomic E-state index is 12.5. The SMILES string of the molecule is C=CC(=O)OCCCOc1ccc(/C=C/C(=O)c2ccc(OCCCOC(=O)C(=C)CC(=O)OC)cc2)cc1. The number of benzene rings is 2. The molecule has 0 bridgehead atoms. The van der Waals surface area contributed by atoms with Gasteiger partial charge in [0.1, 0.15) is 11.5 Å². The highest BCUT2D eigenvalue weighted by atomic mass is 16.5. The van der Waals surface area contributed by atoms with Gasteiger partial charge in [0.25, 0.3) is 0 Å². The third kappa shape index (κ3) is 12.0. The number of hydrogen-bond acceptors (Lipinski definition) is 9. The maximum atomic E-state index is 12.5. The summed E-state index contributed by atoms with van der Waals surface area (Å²) >= 11 is 0. The Bertz CT molecular complexity index is 1160. The van der Waals surface area contributed by atoms with E-state index in [-0.39, 0.29) is 31.0 Å². The molecule has 0 unspecified atom stereocenters. The van der Waals surface area contributed by atoms with Crippen molar-refractivity contribution in [2.75, 3.05) is 33.5 Å². The first kappa shape index (κ1) is 30.6. The summed E-state index contributed by atoms with van der Waals surface area (Å²) in [7, 11) is 1.23.